The average Bonchev–Trinajstić information content (AvgIpc) is 3.02. The lowest BCUT2D eigenvalue weighted by molar-refractivity contribution is -0.136. The molecule has 0 aliphatic carbocycles. The molecule has 0 bridgehead atoms. The third-order valence-electron chi connectivity index (χ3n) is 2.79. The average molecular weight is 326 g/mol. The Labute approximate surface area is 128 Å². The van der Waals surface area contributed by atoms with Gasteiger partial charge in [0.2, 0.25) is 0 Å². The highest BCUT2D eigenvalue weighted by atomic mass is 32.1. The number of rotatable bonds is 4. The summed E-state index contributed by atoms with van der Waals surface area (Å²) in [5, 5.41) is 17.3. The number of halogens is 2. The lowest BCUT2D eigenvalue weighted by Crippen LogP contribution is -2.37. The Morgan fingerprint density at radius 1 is 1.18 bits per heavy atom. The van der Waals surface area contributed by atoms with Gasteiger partial charge in [-0.2, -0.15) is 11.3 Å². The fraction of sp³-hybridized carbons (Fsp3) is 0.143. The van der Waals surface area contributed by atoms with E-state index < -0.39 is 35.2 Å². The maximum absolute atomic E-state index is 13.3. The van der Waals surface area contributed by atoms with Gasteiger partial charge in [-0.25, -0.2) is 8.78 Å². The second-order valence-corrected chi connectivity index (χ2v) is 5.11. The van der Waals surface area contributed by atoms with E-state index in [-0.39, 0.29) is 6.54 Å². The second-order valence-electron chi connectivity index (χ2n) is 4.33. The molecule has 8 heteroatoms. The Bertz CT molecular complexity index is 656. The van der Waals surface area contributed by atoms with Crippen LogP contribution in [0.15, 0.2) is 35.0 Å². The van der Waals surface area contributed by atoms with Gasteiger partial charge in [0, 0.05) is 6.54 Å². The van der Waals surface area contributed by atoms with E-state index in [9.17, 15) is 23.5 Å². The first-order chi connectivity index (χ1) is 10.5. The second kappa shape index (κ2) is 7.10. The molecule has 0 spiro atoms. The first-order valence-electron chi connectivity index (χ1n) is 6.22. The maximum atomic E-state index is 13.3. The van der Waals surface area contributed by atoms with E-state index in [0.29, 0.717) is 5.56 Å². The summed E-state index contributed by atoms with van der Waals surface area (Å²) in [4.78, 5) is 23.1. The number of carbonyl (C=O) groups excluding carboxylic acids is 2. The van der Waals surface area contributed by atoms with Crippen LogP contribution in [0.4, 0.5) is 14.5 Å². The van der Waals surface area contributed by atoms with Crippen molar-refractivity contribution in [1.29, 1.82) is 0 Å². The van der Waals surface area contributed by atoms with Gasteiger partial charge in [-0.3, -0.25) is 9.59 Å². The van der Waals surface area contributed by atoms with E-state index in [2.05, 4.69) is 5.32 Å². The Morgan fingerprint density at radius 2 is 1.86 bits per heavy atom. The van der Waals surface area contributed by atoms with Crippen molar-refractivity contribution in [1.82, 2.24) is 5.32 Å². The van der Waals surface area contributed by atoms with Crippen molar-refractivity contribution in [2.24, 2.45) is 0 Å². The Kier molecular flexibility index (Phi) is 5.18. The zero-order chi connectivity index (χ0) is 16.1. The van der Waals surface area contributed by atoms with Crippen molar-refractivity contribution in [3.8, 4) is 0 Å². The third-order valence-corrected chi connectivity index (χ3v) is 3.49. The molecule has 1 atom stereocenters. The molecule has 0 saturated heterocycles. The minimum atomic E-state index is -1.22. The van der Waals surface area contributed by atoms with Gasteiger partial charge in [-0.05, 0) is 34.5 Å². The van der Waals surface area contributed by atoms with Crippen LogP contribution in [0.3, 0.4) is 0 Å². The monoisotopic (exact) mass is 326 g/mol. The van der Waals surface area contributed by atoms with Crippen LogP contribution in [0.1, 0.15) is 11.7 Å². The lowest BCUT2D eigenvalue weighted by Gasteiger charge is -2.11. The largest absolute Gasteiger partial charge is 0.387 e. The molecule has 116 valence electrons. The Hall–Kier alpha value is -2.32. The van der Waals surface area contributed by atoms with Crippen LogP contribution in [-0.4, -0.2) is 23.5 Å². The van der Waals surface area contributed by atoms with Crippen LogP contribution in [0.2, 0.25) is 0 Å². The fourth-order valence-electron chi connectivity index (χ4n) is 1.64. The molecule has 0 fully saturated rings. The van der Waals surface area contributed by atoms with Crippen LogP contribution in [0.5, 0.6) is 0 Å². The number of hydrogen-bond donors (Lipinski definition) is 3. The Balaban J connectivity index is 1.91. The van der Waals surface area contributed by atoms with E-state index >= 15 is 0 Å². The number of carbonyl (C=O) groups is 2. The number of aliphatic hydroxyl groups excluding tert-OH is 1. The molecule has 2 amide bonds. The summed E-state index contributed by atoms with van der Waals surface area (Å²) in [5.41, 5.74) is -0.0908. The molecule has 1 aromatic carbocycles. The highest BCUT2D eigenvalue weighted by molar-refractivity contribution is 7.07. The minimum absolute atomic E-state index is 0.192. The van der Waals surface area contributed by atoms with Crippen LogP contribution >= 0.6 is 11.3 Å². The summed E-state index contributed by atoms with van der Waals surface area (Å²) < 4.78 is 26.7. The molecule has 1 unspecified atom stereocenters. The van der Waals surface area contributed by atoms with Gasteiger partial charge in [-0.15, -0.1) is 0 Å². The number of aliphatic hydroxyl groups is 1. The number of para-hydroxylation sites is 1. The number of thiophene rings is 1. The van der Waals surface area contributed by atoms with Gasteiger partial charge in [-0.1, -0.05) is 6.07 Å². The molecule has 0 saturated carbocycles. The molecule has 0 aliphatic rings. The predicted octanol–water partition coefficient (Wildman–Crippen LogP) is 1.81. The number of hydrogen-bond acceptors (Lipinski definition) is 4. The third kappa shape index (κ3) is 3.86. The van der Waals surface area contributed by atoms with E-state index in [0.717, 1.165) is 18.2 Å². The quantitative estimate of drug-likeness (QED) is 0.750. The first-order valence-corrected chi connectivity index (χ1v) is 7.16. The van der Waals surface area contributed by atoms with Gasteiger partial charge >= 0.3 is 11.8 Å². The minimum Gasteiger partial charge on any atom is -0.387 e. The lowest BCUT2D eigenvalue weighted by atomic mass is 10.2. The maximum Gasteiger partial charge on any atom is 0.313 e. The van der Waals surface area contributed by atoms with Gasteiger partial charge in [0.1, 0.15) is 17.3 Å². The van der Waals surface area contributed by atoms with E-state index in [1.54, 1.807) is 16.8 Å². The van der Waals surface area contributed by atoms with Crippen molar-refractivity contribution in [3.05, 3.63) is 52.2 Å². The Morgan fingerprint density at radius 3 is 2.45 bits per heavy atom. The number of amides is 2. The molecule has 0 aliphatic heterocycles. The van der Waals surface area contributed by atoms with Crippen LogP contribution in [0, 0.1) is 11.6 Å². The molecule has 5 nitrogen and oxygen atoms in total. The van der Waals surface area contributed by atoms with Crippen LogP contribution < -0.4 is 10.6 Å². The molecule has 1 aromatic heterocycles. The molecule has 0 radical (unpaired) electrons. The van der Waals surface area contributed by atoms with Gasteiger partial charge in [0.25, 0.3) is 0 Å². The van der Waals surface area contributed by atoms with Gasteiger partial charge in [0.05, 0.1) is 6.10 Å². The molecule has 22 heavy (non-hydrogen) atoms. The molecule has 3 N–H and O–H groups in total. The summed E-state index contributed by atoms with van der Waals surface area (Å²) in [5.74, 6) is -4.29. The molecular weight excluding hydrogens is 314 g/mol. The zero-order valence-electron chi connectivity index (χ0n) is 11.2. The summed E-state index contributed by atoms with van der Waals surface area (Å²) in [6.07, 6.45) is -0.965. The summed E-state index contributed by atoms with van der Waals surface area (Å²) in [6, 6.07) is 4.72. The van der Waals surface area contributed by atoms with Crippen LogP contribution in [0.25, 0.3) is 0 Å². The number of nitrogens with one attached hydrogen (secondary N) is 2. The zero-order valence-corrected chi connectivity index (χ0v) is 12.0. The van der Waals surface area contributed by atoms with E-state index in [4.69, 9.17) is 0 Å². The standard InChI is InChI=1S/C14H12F2N2O3S/c15-9-2-1-3-10(16)12(9)18-14(21)13(20)17-6-11(19)8-4-5-22-7-8/h1-5,7,11,19H,6H2,(H,17,20)(H,18,21). The van der Waals surface area contributed by atoms with Crippen molar-refractivity contribution in [2.75, 3.05) is 11.9 Å². The first kappa shape index (κ1) is 16.1. The highest BCUT2D eigenvalue weighted by Crippen LogP contribution is 2.18. The normalized spacial score (nSPS) is 11.8. The number of benzene rings is 1. The van der Waals surface area contributed by atoms with Gasteiger partial charge in [0.15, 0.2) is 0 Å². The number of anilines is 1. The van der Waals surface area contributed by atoms with Gasteiger partial charge < -0.3 is 15.7 Å². The highest BCUT2D eigenvalue weighted by Gasteiger charge is 2.19. The molecule has 2 rings (SSSR count). The van der Waals surface area contributed by atoms with Crippen molar-refractivity contribution in [3.63, 3.8) is 0 Å². The SMILES string of the molecule is O=C(NCC(O)c1ccsc1)C(=O)Nc1c(F)cccc1F. The van der Waals surface area contributed by atoms with Crippen molar-refractivity contribution in [2.45, 2.75) is 6.10 Å². The summed E-state index contributed by atoms with van der Waals surface area (Å²) in [7, 11) is 0. The van der Waals surface area contributed by atoms with Crippen molar-refractivity contribution < 1.29 is 23.5 Å². The predicted molar refractivity (Wildman–Crippen MR) is 77.3 cm³/mol. The van der Waals surface area contributed by atoms with E-state index in [1.165, 1.54) is 11.3 Å². The smallest absolute Gasteiger partial charge is 0.313 e. The van der Waals surface area contributed by atoms with Crippen molar-refractivity contribution >= 4 is 28.8 Å². The van der Waals surface area contributed by atoms with E-state index in [1.807, 2.05) is 5.32 Å². The van der Waals surface area contributed by atoms with Crippen LogP contribution in [-0.2, 0) is 9.59 Å². The molecule has 1 heterocycles. The molecule has 2 aromatic rings. The topological polar surface area (TPSA) is 78.4 Å². The fourth-order valence-corrected chi connectivity index (χ4v) is 2.35. The molecular formula is C14H12F2N2O3S. The summed E-state index contributed by atoms with van der Waals surface area (Å²) >= 11 is 1.38. The summed E-state index contributed by atoms with van der Waals surface area (Å²) in [6.45, 7) is -0.192.